The van der Waals surface area contributed by atoms with Crippen molar-refractivity contribution in [3.05, 3.63) is 0 Å². The molecule has 1 unspecified atom stereocenters. The average molecular weight is 216 g/mol. The van der Waals surface area contributed by atoms with Crippen LogP contribution in [0.4, 0.5) is 0 Å². The van der Waals surface area contributed by atoms with Crippen molar-refractivity contribution in [2.24, 2.45) is 0 Å². The summed E-state index contributed by atoms with van der Waals surface area (Å²) in [6, 6.07) is -0.569. The van der Waals surface area contributed by atoms with Crippen LogP contribution in [0.15, 0.2) is 0 Å². The van der Waals surface area contributed by atoms with Gasteiger partial charge in [0.15, 0.2) is 0 Å². The highest BCUT2D eigenvalue weighted by molar-refractivity contribution is 5.87. The van der Waals surface area contributed by atoms with E-state index in [-0.39, 0.29) is 31.1 Å². The third-order valence-electron chi connectivity index (χ3n) is 1.82. The smallest absolute Gasteiger partial charge is 0.303 e. The predicted molar refractivity (Wildman–Crippen MR) is 53.4 cm³/mol. The van der Waals surface area contributed by atoms with Gasteiger partial charge in [0.25, 0.3) is 0 Å². The Kier molecular flexibility index (Phi) is 6.28. The van der Waals surface area contributed by atoms with Gasteiger partial charge in [-0.3, -0.25) is 14.4 Å². The molecule has 0 aliphatic carbocycles. The van der Waals surface area contributed by atoms with E-state index >= 15 is 0 Å². The molecule has 0 heterocycles. The fraction of sp³-hybridized carbons (Fsp3) is 0.667. The maximum Gasteiger partial charge on any atom is 0.303 e. The van der Waals surface area contributed by atoms with Gasteiger partial charge in [-0.2, -0.15) is 0 Å². The number of carboxylic acids is 1. The fourth-order valence-electron chi connectivity index (χ4n) is 1.01. The van der Waals surface area contributed by atoms with E-state index in [0.29, 0.717) is 0 Å². The highest BCUT2D eigenvalue weighted by Crippen LogP contribution is 1.96. The van der Waals surface area contributed by atoms with E-state index in [1.54, 1.807) is 7.05 Å². The number of carbonyl (C=O) groups excluding carboxylic acids is 2. The van der Waals surface area contributed by atoms with Gasteiger partial charge in [-0.05, 0) is 20.4 Å². The molecule has 1 amide bonds. The van der Waals surface area contributed by atoms with Gasteiger partial charge in [0.1, 0.15) is 5.78 Å². The van der Waals surface area contributed by atoms with E-state index < -0.39 is 12.0 Å². The molecule has 0 spiro atoms. The molecule has 0 aliphatic rings. The summed E-state index contributed by atoms with van der Waals surface area (Å²) >= 11 is 0. The van der Waals surface area contributed by atoms with Gasteiger partial charge in [-0.25, -0.2) is 0 Å². The van der Waals surface area contributed by atoms with E-state index in [9.17, 15) is 14.4 Å². The summed E-state index contributed by atoms with van der Waals surface area (Å²) in [6.45, 7) is 1.34. The molecule has 0 saturated carbocycles. The average Bonchev–Trinajstić information content (AvgIpc) is 2.15. The fourth-order valence-corrected chi connectivity index (χ4v) is 1.01. The van der Waals surface area contributed by atoms with Crippen molar-refractivity contribution < 1.29 is 19.5 Å². The minimum atomic E-state index is -0.949. The van der Waals surface area contributed by atoms with Gasteiger partial charge < -0.3 is 15.7 Å². The van der Waals surface area contributed by atoms with Crippen molar-refractivity contribution in [1.82, 2.24) is 10.6 Å². The Morgan fingerprint density at radius 1 is 1.33 bits per heavy atom. The second-order valence-corrected chi connectivity index (χ2v) is 3.19. The predicted octanol–water partition coefficient (Wildman–Crippen LogP) is -0.856. The standard InChI is InChI=1S/C9H16N2O4/c1-6(12)5-11-9(15)7(10-2)3-4-8(13)14/h7,10H,3-5H2,1-2H3,(H,11,15)(H,13,14). The van der Waals surface area contributed by atoms with Crippen molar-refractivity contribution in [3.8, 4) is 0 Å². The number of rotatable bonds is 7. The molecule has 0 aromatic carbocycles. The van der Waals surface area contributed by atoms with Gasteiger partial charge in [-0.1, -0.05) is 0 Å². The molecule has 1 atom stereocenters. The first-order valence-electron chi connectivity index (χ1n) is 4.63. The van der Waals surface area contributed by atoms with E-state index in [4.69, 9.17) is 5.11 Å². The molecule has 0 rings (SSSR count). The van der Waals surface area contributed by atoms with Crippen LogP contribution in [0.3, 0.4) is 0 Å². The van der Waals surface area contributed by atoms with Gasteiger partial charge in [0.05, 0.1) is 12.6 Å². The molecule has 15 heavy (non-hydrogen) atoms. The van der Waals surface area contributed by atoms with Crippen LogP contribution in [0.25, 0.3) is 0 Å². The maximum atomic E-state index is 11.4. The highest BCUT2D eigenvalue weighted by atomic mass is 16.4. The number of Topliss-reactive ketones (excluding diaryl/α,β-unsaturated/α-hetero) is 1. The molecule has 0 fully saturated rings. The summed E-state index contributed by atoms with van der Waals surface area (Å²) in [5, 5.41) is 13.6. The van der Waals surface area contributed by atoms with Crippen molar-refractivity contribution >= 4 is 17.7 Å². The number of carboxylic acid groups (broad SMARTS) is 1. The van der Waals surface area contributed by atoms with Gasteiger partial charge in [-0.15, -0.1) is 0 Å². The lowest BCUT2D eigenvalue weighted by atomic mass is 10.1. The highest BCUT2D eigenvalue weighted by Gasteiger charge is 2.17. The third kappa shape index (κ3) is 6.62. The Morgan fingerprint density at radius 2 is 1.93 bits per heavy atom. The van der Waals surface area contributed by atoms with Crippen LogP contribution in [0.2, 0.25) is 0 Å². The number of hydrogen-bond donors (Lipinski definition) is 3. The van der Waals surface area contributed by atoms with Crippen molar-refractivity contribution in [1.29, 1.82) is 0 Å². The van der Waals surface area contributed by atoms with Crippen molar-refractivity contribution in [2.75, 3.05) is 13.6 Å². The molecule has 86 valence electrons. The number of hydrogen-bond acceptors (Lipinski definition) is 4. The molecule has 0 aromatic heterocycles. The monoisotopic (exact) mass is 216 g/mol. The minimum Gasteiger partial charge on any atom is -0.481 e. The zero-order valence-corrected chi connectivity index (χ0v) is 8.87. The topological polar surface area (TPSA) is 95.5 Å². The molecular weight excluding hydrogens is 200 g/mol. The molecule has 0 saturated heterocycles. The van der Waals surface area contributed by atoms with E-state index in [0.717, 1.165) is 0 Å². The second-order valence-electron chi connectivity index (χ2n) is 3.19. The molecule has 6 heteroatoms. The minimum absolute atomic E-state index is 0.0237. The lowest BCUT2D eigenvalue weighted by Crippen LogP contribution is -2.44. The first kappa shape index (κ1) is 13.6. The third-order valence-corrected chi connectivity index (χ3v) is 1.82. The van der Waals surface area contributed by atoms with Crippen LogP contribution in [-0.2, 0) is 14.4 Å². The van der Waals surface area contributed by atoms with E-state index in [2.05, 4.69) is 10.6 Å². The van der Waals surface area contributed by atoms with E-state index in [1.165, 1.54) is 6.92 Å². The zero-order valence-electron chi connectivity index (χ0n) is 8.87. The van der Waals surface area contributed by atoms with Crippen LogP contribution in [-0.4, -0.2) is 42.4 Å². The Bertz CT molecular complexity index is 252. The first-order chi connectivity index (χ1) is 6.97. The lowest BCUT2D eigenvalue weighted by molar-refractivity contribution is -0.137. The molecule has 6 nitrogen and oxygen atoms in total. The van der Waals surface area contributed by atoms with Crippen LogP contribution >= 0.6 is 0 Å². The Balaban J connectivity index is 3.98. The molecular formula is C9H16N2O4. The van der Waals surface area contributed by atoms with Gasteiger partial charge in [0, 0.05) is 6.42 Å². The number of carbonyl (C=O) groups is 3. The Morgan fingerprint density at radius 3 is 2.33 bits per heavy atom. The Hall–Kier alpha value is -1.43. The summed E-state index contributed by atoms with van der Waals surface area (Å²) in [5.41, 5.74) is 0. The number of aliphatic carboxylic acids is 1. The zero-order chi connectivity index (χ0) is 11.8. The number of nitrogens with one attached hydrogen (secondary N) is 2. The number of ketones is 1. The summed E-state index contributed by atoms with van der Waals surface area (Å²) in [5.74, 6) is -1.44. The SMILES string of the molecule is CNC(CCC(=O)O)C(=O)NCC(C)=O. The first-order valence-corrected chi connectivity index (χ1v) is 4.63. The van der Waals surface area contributed by atoms with Crippen molar-refractivity contribution in [3.63, 3.8) is 0 Å². The lowest BCUT2D eigenvalue weighted by Gasteiger charge is -2.14. The summed E-state index contributed by atoms with van der Waals surface area (Å²) in [7, 11) is 1.57. The number of amides is 1. The maximum absolute atomic E-state index is 11.4. The summed E-state index contributed by atoms with van der Waals surface area (Å²) < 4.78 is 0. The quantitative estimate of drug-likeness (QED) is 0.515. The van der Waals surface area contributed by atoms with Crippen LogP contribution in [0.1, 0.15) is 19.8 Å². The van der Waals surface area contributed by atoms with Crippen molar-refractivity contribution in [2.45, 2.75) is 25.8 Å². The molecule has 3 N–H and O–H groups in total. The normalized spacial score (nSPS) is 11.9. The van der Waals surface area contributed by atoms with Crippen LogP contribution in [0, 0.1) is 0 Å². The van der Waals surface area contributed by atoms with E-state index in [1.807, 2.05) is 0 Å². The Labute approximate surface area is 88.0 Å². The molecule has 0 bridgehead atoms. The largest absolute Gasteiger partial charge is 0.481 e. The van der Waals surface area contributed by atoms with Gasteiger partial charge in [0.2, 0.25) is 5.91 Å². The molecule has 0 aromatic rings. The number of likely N-dealkylation sites (N-methyl/N-ethyl adjacent to an activating group) is 1. The molecule has 0 aliphatic heterocycles. The van der Waals surface area contributed by atoms with Crippen LogP contribution < -0.4 is 10.6 Å². The summed E-state index contributed by atoms with van der Waals surface area (Å²) in [6.07, 6.45) is 0.120. The van der Waals surface area contributed by atoms with Crippen LogP contribution in [0.5, 0.6) is 0 Å². The second kappa shape index (κ2) is 6.94. The summed E-state index contributed by atoms with van der Waals surface area (Å²) in [4.78, 5) is 32.3. The van der Waals surface area contributed by atoms with Gasteiger partial charge >= 0.3 is 5.97 Å². The molecule has 0 radical (unpaired) electrons.